The molecule has 0 aliphatic rings. The number of aliphatic hydroxyl groups excluding tert-OH is 2. The second-order valence-electron chi connectivity index (χ2n) is 3.27. The van der Waals surface area contributed by atoms with E-state index in [4.69, 9.17) is 15.5 Å². The number of aromatic nitrogens is 1. The van der Waals surface area contributed by atoms with Gasteiger partial charge in [-0.3, -0.25) is 0 Å². The lowest BCUT2D eigenvalue weighted by molar-refractivity contribution is 0.0493. The molecule has 1 rings (SSSR count). The lowest BCUT2D eigenvalue weighted by atomic mass is 10.0. The van der Waals surface area contributed by atoms with Crippen molar-refractivity contribution >= 4 is 5.97 Å². The van der Waals surface area contributed by atoms with Crippen LogP contribution in [0.4, 0.5) is 0 Å². The summed E-state index contributed by atoms with van der Waals surface area (Å²) in [5.74, 6) is -1.32. The standard InChI is InChI=1S/C10H10N2O4/c1-5-2-6(9(14)7(13)3-11)8(10(15)16)12-4-5/h2,4,7,9,13-14H,1H3,(H,15,16). The normalized spacial score (nSPS) is 13.9. The first-order chi connectivity index (χ1) is 7.47. The zero-order valence-corrected chi connectivity index (χ0v) is 8.45. The highest BCUT2D eigenvalue weighted by molar-refractivity contribution is 5.87. The fourth-order valence-electron chi connectivity index (χ4n) is 1.24. The average molecular weight is 222 g/mol. The van der Waals surface area contributed by atoms with Crippen LogP contribution >= 0.6 is 0 Å². The van der Waals surface area contributed by atoms with Gasteiger partial charge in [0.05, 0.1) is 6.07 Å². The van der Waals surface area contributed by atoms with Gasteiger partial charge < -0.3 is 15.3 Å². The summed E-state index contributed by atoms with van der Waals surface area (Å²) in [6.45, 7) is 1.66. The molecule has 2 atom stereocenters. The second-order valence-corrected chi connectivity index (χ2v) is 3.27. The minimum atomic E-state index is -1.68. The summed E-state index contributed by atoms with van der Waals surface area (Å²) < 4.78 is 0. The van der Waals surface area contributed by atoms with Gasteiger partial charge in [0.15, 0.2) is 11.8 Å². The van der Waals surface area contributed by atoms with E-state index in [0.29, 0.717) is 5.56 Å². The third kappa shape index (κ3) is 2.34. The third-order valence-electron chi connectivity index (χ3n) is 2.01. The van der Waals surface area contributed by atoms with Gasteiger partial charge in [0.2, 0.25) is 0 Å². The maximum absolute atomic E-state index is 10.8. The quantitative estimate of drug-likeness (QED) is 0.620. The molecule has 84 valence electrons. The molecule has 0 aliphatic heterocycles. The van der Waals surface area contributed by atoms with Gasteiger partial charge in [-0.25, -0.2) is 9.78 Å². The van der Waals surface area contributed by atoms with E-state index in [1.807, 2.05) is 0 Å². The molecular formula is C10H10N2O4. The molecule has 3 N–H and O–H groups in total. The SMILES string of the molecule is Cc1cnc(C(=O)O)c(C(O)C(O)C#N)c1. The number of carbonyl (C=O) groups is 1. The number of aryl methyl sites for hydroxylation is 1. The van der Waals surface area contributed by atoms with Gasteiger partial charge in [-0.05, 0) is 18.6 Å². The molecule has 0 spiro atoms. The Morgan fingerprint density at radius 1 is 1.56 bits per heavy atom. The van der Waals surface area contributed by atoms with Crippen LogP contribution in [0.1, 0.15) is 27.7 Å². The molecule has 1 aromatic heterocycles. The first-order valence-corrected chi connectivity index (χ1v) is 4.43. The Morgan fingerprint density at radius 2 is 2.19 bits per heavy atom. The summed E-state index contributed by atoms with van der Waals surface area (Å²) in [7, 11) is 0. The van der Waals surface area contributed by atoms with Crippen LogP contribution in [-0.2, 0) is 0 Å². The highest BCUT2D eigenvalue weighted by Crippen LogP contribution is 2.20. The number of rotatable bonds is 3. The summed E-state index contributed by atoms with van der Waals surface area (Å²) in [5, 5.41) is 36.0. The fraction of sp³-hybridized carbons (Fsp3) is 0.300. The molecule has 0 radical (unpaired) electrons. The van der Waals surface area contributed by atoms with Crippen molar-refractivity contribution in [3.63, 3.8) is 0 Å². The maximum atomic E-state index is 10.8. The first-order valence-electron chi connectivity index (χ1n) is 4.43. The van der Waals surface area contributed by atoms with Crippen LogP contribution in [0.25, 0.3) is 0 Å². The zero-order valence-electron chi connectivity index (χ0n) is 8.45. The van der Waals surface area contributed by atoms with Crippen LogP contribution in [0.3, 0.4) is 0 Å². The Morgan fingerprint density at radius 3 is 2.69 bits per heavy atom. The lowest BCUT2D eigenvalue weighted by Crippen LogP contribution is -2.20. The second kappa shape index (κ2) is 4.70. The molecule has 0 amide bonds. The van der Waals surface area contributed by atoms with Gasteiger partial charge >= 0.3 is 5.97 Å². The number of pyridine rings is 1. The number of hydrogen-bond donors (Lipinski definition) is 3. The maximum Gasteiger partial charge on any atom is 0.354 e. The minimum Gasteiger partial charge on any atom is -0.477 e. The highest BCUT2D eigenvalue weighted by atomic mass is 16.4. The Kier molecular flexibility index (Phi) is 3.55. The van der Waals surface area contributed by atoms with E-state index in [0.717, 1.165) is 0 Å². The van der Waals surface area contributed by atoms with E-state index in [1.54, 1.807) is 6.92 Å². The van der Waals surface area contributed by atoms with Crippen molar-refractivity contribution in [1.82, 2.24) is 4.98 Å². The van der Waals surface area contributed by atoms with Crippen molar-refractivity contribution in [1.29, 1.82) is 5.26 Å². The van der Waals surface area contributed by atoms with Crippen molar-refractivity contribution in [3.8, 4) is 6.07 Å². The molecule has 0 saturated carbocycles. The molecule has 0 fully saturated rings. The van der Waals surface area contributed by atoms with E-state index in [-0.39, 0.29) is 11.3 Å². The number of aliphatic hydroxyl groups is 2. The van der Waals surface area contributed by atoms with Crippen LogP contribution in [0, 0.1) is 18.3 Å². The van der Waals surface area contributed by atoms with Crippen LogP contribution in [0.15, 0.2) is 12.3 Å². The Balaban J connectivity index is 3.25. The van der Waals surface area contributed by atoms with Gasteiger partial charge in [0, 0.05) is 11.8 Å². The summed E-state index contributed by atoms with van der Waals surface area (Å²) in [4.78, 5) is 14.4. The van der Waals surface area contributed by atoms with Gasteiger partial charge in [0.25, 0.3) is 0 Å². The molecule has 6 heteroatoms. The molecule has 2 unspecified atom stereocenters. The predicted octanol–water partition coefficient (Wildman–Crippen LogP) is 0.00610. The van der Waals surface area contributed by atoms with E-state index >= 15 is 0 Å². The van der Waals surface area contributed by atoms with Crippen LogP contribution < -0.4 is 0 Å². The Bertz CT molecular complexity index is 453. The van der Waals surface area contributed by atoms with Crippen molar-refractivity contribution < 1.29 is 20.1 Å². The Labute approximate surface area is 91.4 Å². The van der Waals surface area contributed by atoms with E-state index in [2.05, 4.69) is 4.98 Å². The van der Waals surface area contributed by atoms with Crippen molar-refractivity contribution in [2.45, 2.75) is 19.1 Å². The van der Waals surface area contributed by atoms with Gasteiger partial charge in [-0.15, -0.1) is 0 Å². The van der Waals surface area contributed by atoms with Crippen molar-refractivity contribution in [2.24, 2.45) is 0 Å². The number of aromatic carboxylic acids is 1. The molecule has 0 aromatic carbocycles. The molecule has 0 saturated heterocycles. The highest BCUT2D eigenvalue weighted by Gasteiger charge is 2.24. The number of nitrogens with zero attached hydrogens (tertiary/aromatic N) is 2. The molecule has 16 heavy (non-hydrogen) atoms. The topological polar surface area (TPSA) is 114 Å². The van der Waals surface area contributed by atoms with Crippen molar-refractivity contribution in [3.05, 3.63) is 29.1 Å². The summed E-state index contributed by atoms with van der Waals surface area (Å²) in [6.07, 6.45) is -1.93. The predicted molar refractivity (Wildman–Crippen MR) is 52.5 cm³/mol. The number of nitriles is 1. The average Bonchev–Trinajstić information content (AvgIpc) is 2.26. The lowest BCUT2D eigenvalue weighted by Gasteiger charge is -2.14. The van der Waals surface area contributed by atoms with Crippen LogP contribution in [0.2, 0.25) is 0 Å². The van der Waals surface area contributed by atoms with Crippen LogP contribution in [-0.4, -0.2) is 32.4 Å². The van der Waals surface area contributed by atoms with E-state index < -0.39 is 18.2 Å². The Hall–Kier alpha value is -1.97. The number of carboxylic acid groups (broad SMARTS) is 1. The van der Waals surface area contributed by atoms with Crippen molar-refractivity contribution in [2.75, 3.05) is 0 Å². The molecule has 0 aliphatic carbocycles. The van der Waals surface area contributed by atoms with E-state index in [1.165, 1.54) is 18.3 Å². The number of hydrogen-bond acceptors (Lipinski definition) is 5. The largest absolute Gasteiger partial charge is 0.477 e. The molecular weight excluding hydrogens is 212 g/mol. The molecule has 0 bridgehead atoms. The monoisotopic (exact) mass is 222 g/mol. The van der Waals surface area contributed by atoms with Gasteiger partial charge in [0.1, 0.15) is 6.10 Å². The third-order valence-corrected chi connectivity index (χ3v) is 2.01. The smallest absolute Gasteiger partial charge is 0.354 e. The zero-order chi connectivity index (χ0) is 12.3. The molecule has 6 nitrogen and oxygen atoms in total. The van der Waals surface area contributed by atoms with Gasteiger partial charge in [-0.1, -0.05) is 0 Å². The summed E-state index contributed by atoms with van der Waals surface area (Å²) in [6, 6.07) is 2.81. The molecule has 1 aromatic rings. The molecule has 1 heterocycles. The number of carboxylic acids is 1. The summed E-state index contributed by atoms with van der Waals surface area (Å²) in [5.41, 5.74) is 0.193. The summed E-state index contributed by atoms with van der Waals surface area (Å²) >= 11 is 0. The first kappa shape index (κ1) is 12.1. The fourth-order valence-corrected chi connectivity index (χ4v) is 1.24. The van der Waals surface area contributed by atoms with Crippen LogP contribution in [0.5, 0.6) is 0 Å². The van der Waals surface area contributed by atoms with Gasteiger partial charge in [-0.2, -0.15) is 5.26 Å². The minimum absolute atomic E-state index is 0.0680. The van der Waals surface area contributed by atoms with E-state index in [9.17, 15) is 9.90 Å².